The molecule has 0 radical (unpaired) electrons. The number of H-pyrrole nitrogens is 1. The smallest absolute Gasteiger partial charge is 0.164 e. The molecule has 4 heterocycles. The lowest BCUT2D eigenvalue weighted by Crippen LogP contribution is -2.44. The number of aliphatic hydroxyl groups is 1. The van der Waals surface area contributed by atoms with E-state index in [9.17, 15) is 5.11 Å². The Morgan fingerprint density at radius 3 is 2.79 bits per heavy atom. The summed E-state index contributed by atoms with van der Waals surface area (Å²) in [6.07, 6.45) is 4.16. The zero-order chi connectivity index (χ0) is 22.5. The molecular weight excluding hydrogens is 418 g/mol. The van der Waals surface area contributed by atoms with Crippen LogP contribution in [0.25, 0.3) is 28.1 Å². The Morgan fingerprint density at radius 1 is 1.15 bits per heavy atom. The van der Waals surface area contributed by atoms with Gasteiger partial charge in [-0.15, -0.1) is 10.2 Å². The molecule has 1 saturated carbocycles. The summed E-state index contributed by atoms with van der Waals surface area (Å²) in [5, 5.41) is 19.7. The van der Waals surface area contributed by atoms with E-state index >= 15 is 0 Å². The molecule has 2 aliphatic rings. The van der Waals surface area contributed by atoms with Gasteiger partial charge >= 0.3 is 0 Å². The van der Waals surface area contributed by atoms with Crippen LogP contribution in [0, 0.1) is 6.92 Å². The first-order valence-electron chi connectivity index (χ1n) is 11.5. The fraction of sp³-hybridized carbons (Fsp3) is 0.417. The topological polar surface area (TPSA) is 105 Å². The summed E-state index contributed by atoms with van der Waals surface area (Å²) < 4.78 is 7.74. The number of ether oxygens (including phenoxy) is 1. The first-order valence-corrected chi connectivity index (χ1v) is 11.5. The number of anilines is 1. The van der Waals surface area contributed by atoms with Crippen molar-refractivity contribution in [3.05, 3.63) is 47.7 Å². The van der Waals surface area contributed by atoms with Crippen LogP contribution in [0.5, 0.6) is 0 Å². The van der Waals surface area contributed by atoms with Crippen molar-refractivity contribution in [3.8, 4) is 17.2 Å². The average Bonchev–Trinajstić information content (AvgIpc) is 3.44. The third kappa shape index (κ3) is 3.57. The van der Waals surface area contributed by atoms with Crippen LogP contribution in [-0.2, 0) is 11.3 Å². The second-order valence-corrected chi connectivity index (χ2v) is 8.98. The van der Waals surface area contributed by atoms with Gasteiger partial charge in [0.25, 0.3) is 0 Å². The van der Waals surface area contributed by atoms with Crippen LogP contribution in [0.4, 0.5) is 5.82 Å². The number of aromatic amines is 1. The number of nitrogens with one attached hydrogen (secondary N) is 1. The van der Waals surface area contributed by atoms with Crippen molar-refractivity contribution in [1.82, 2.24) is 29.7 Å². The monoisotopic (exact) mass is 445 g/mol. The molecule has 0 spiro atoms. The molecule has 170 valence electrons. The zero-order valence-corrected chi connectivity index (χ0v) is 18.8. The van der Waals surface area contributed by atoms with Gasteiger partial charge in [-0.3, -0.25) is 4.57 Å². The molecule has 1 unspecified atom stereocenters. The highest BCUT2D eigenvalue weighted by Gasteiger charge is 2.31. The van der Waals surface area contributed by atoms with Gasteiger partial charge in [0.05, 0.1) is 25.9 Å². The number of aryl methyl sites for hydroxylation is 1. The van der Waals surface area contributed by atoms with Crippen LogP contribution in [-0.4, -0.2) is 60.6 Å². The summed E-state index contributed by atoms with van der Waals surface area (Å²) in [5.74, 6) is 4.47. The maximum atomic E-state index is 9.85. The van der Waals surface area contributed by atoms with Gasteiger partial charge in [-0.25, -0.2) is 9.97 Å². The van der Waals surface area contributed by atoms with Crippen LogP contribution in [0.1, 0.15) is 42.9 Å². The lowest BCUT2D eigenvalue weighted by Gasteiger charge is -2.34. The number of hydrogen-bond acceptors (Lipinski definition) is 7. The van der Waals surface area contributed by atoms with E-state index in [1.165, 1.54) is 0 Å². The Balaban J connectivity index is 1.58. The minimum absolute atomic E-state index is 0.0502. The molecule has 9 heteroatoms. The van der Waals surface area contributed by atoms with Gasteiger partial charge in [0.15, 0.2) is 5.82 Å². The second-order valence-electron chi connectivity index (χ2n) is 8.98. The van der Waals surface area contributed by atoms with Crippen molar-refractivity contribution in [2.45, 2.75) is 45.3 Å². The lowest BCUT2D eigenvalue weighted by atomic mass is 10.1. The van der Waals surface area contributed by atoms with Gasteiger partial charge in [0, 0.05) is 41.2 Å². The minimum atomic E-state index is -0.0502. The third-order valence-corrected chi connectivity index (χ3v) is 6.53. The molecule has 33 heavy (non-hydrogen) atoms. The van der Waals surface area contributed by atoms with Crippen LogP contribution >= 0.6 is 0 Å². The highest BCUT2D eigenvalue weighted by molar-refractivity contribution is 5.94. The largest absolute Gasteiger partial charge is 0.392 e. The molecule has 4 aromatic rings. The highest BCUT2D eigenvalue weighted by atomic mass is 16.5. The molecule has 3 aromatic heterocycles. The maximum Gasteiger partial charge on any atom is 0.164 e. The van der Waals surface area contributed by atoms with Gasteiger partial charge in [0.2, 0.25) is 0 Å². The Labute approximate surface area is 191 Å². The minimum Gasteiger partial charge on any atom is -0.392 e. The van der Waals surface area contributed by atoms with Crippen molar-refractivity contribution >= 4 is 16.7 Å². The fourth-order valence-corrected chi connectivity index (χ4v) is 4.64. The Kier molecular flexibility index (Phi) is 4.88. The van der Waals surface area contributed by atoms with Crippen molar-refractivity contribution in [2.75, 3.05) is 24.7 Å². The van der Waals surface area contributed by atoms with Gasteiger partial charge in [-0.1, -0.05) is 0 Å². The van der Waals surface area contributed by atoms with Crippen molar-refractivity contribution in [2.24, 2.45) is 0 Å². The fourth-order valence-electron chi connectivity index (χ4n) is 4.64. The number of morpholine rings is 1. The van der Waals surface area contributed by atoms with E-state index in [0.717, 1.165) is 64.7 Å². The summed E-state index contributed by atoms with van der Waals surface area (Å²) in [7, 11) is 0. The quantitative estimate of drug-likeness (QED) is 0.486. The van der Waals surface area contributed by atoms with Crippen molar-refractivity contribution in [1.29, 1.82) is 0 Å². The standard InChI is InChI=1S/C24H27N7O2/c1-14-13-33-8-7-30(14)21-11-22(31-15(2)28-29-24(31)17-3-4-17)27-23(26-21)19-9-16(12-32)10-20-18(19)5-6-25-20/h5-6,9-11,14,17,25,32H,3-4,7-8,12-13H2,1-2H3. The summed E-state index contributed by atoms with van der Waals surface area (Å²) in [6.45, 7) is 6.16. The number of benzene rings is 1. The van der Waals surface area contributed by atoms with Gasteiger partial charge < -0.3 is 19.7 Å². The molecule has 2 fully saturated rings. The molecule has 1 aromatic carbocycles. The van der Waals surface area contributed by atoms with Crippen molar-refractivity contribution < 1.29 is 9.84 Å². The molecule has 1 saturated heterocycles. The second kappa shape index (κ2) is 7.93. The van der Waals surface area contributed by atoms with Crippen LogP contribution in [0.3, 0.4) is 0 Å². The Hall–Kier alpha value is -3.30. The maximum absolute atomic E-state index is 9.85. The number of aromatic nitrogens is 6. The molecule has 1 aliphatic heterocycles. The predicted molar refractivity (Wildman–Crippen MR) is 125 cm³/mol. The SMILES string of the molecule is Cc1nnc(C2CC2)n1-c1cc(N2CCOCC2C)nc(-c2cc(CO)cc3[nH]ccc23)n1. The molecule has 0 bridgehead atoms. The number of nitrogens with zero attached hydrogens (tertiary/aromatic N) is 6. The van der Waals surface area contributed by atoms with Crippen LogP contribution in [0.2, 0.25) is 0 Å². The van der Waals surface area contributed by atoms with Gasteiger partial charge in [-0.2, -0.15) is 0 Å². The van der Waals surface area contributed by atoms with E-state index in [4.69, 9.17) is 14.7 Å². The van der Waals surface area contributed by atoms with Crippen LogP contribution in [0.15, 0.2) is 30.5 Å². The normalized spacial score (nSPS) is 18.9. The average molecular weight is 446 g/mol. The molecule has 0 amide bonds. The lowest BCUT2D eigenvalue weighted by molar-refractivity contribution is 0.0985. The molecule has 1 atom stereocenters. The summed E-state index contributed by atoms with van der Waals surface area (Å²) in [5.41, 5.74) is 2.65. The number of rotatable bonds is 5. The molecule has 6 rings (SSSR count). The van der Waals surface area contributed by atoms with Gasteiger partial charge in [-0.05, 0) is 50.5 Å². The molecule has 1 aliphatic carbocycles. The Bertz CT molecular complexity index is 1320. The first kappa shape index (κ1) is 20.3. The highest BCUT2D eigenvalue weighted by Crippen LogP contribution is 2.40. The van der Waals surface area contributed by atoms with Gasteiger partial charge in [0.1, 0.15) is 23.3 Å². The van der Waals surface area contributed by atoms with E-state index in [2.05, 4.69) is 31.6 Å². The summed E-state index contributed by atoms with van der Waals surface area (Å²) in [6, 6.07) is 8.21. The van der Waals surface area contributed by atoms with E-state index in [1.807, 2.05) is 37.4 Å². The molecule has 2 N–H and O–H groups in total. The summed E-state index contributed by atoms with van der Waals surface area (Å²) >= 11 is 0. The third-order valence-electron chi connectivity index (χ3n) is 6.53. The molecular formula is C24H27N7O2. The van der Waals surface area contributed by atoms with E-state index < -0.39 is 0 Å². The number of hydrogen-bond donors (Lipinski definition) is 2. The van der Waals surface area contributed by atoms with Crippen LogP contribution < -0.4 is 4.90 Å². The molecule has 9 nitrogen and oxygen atoms in total. The number of aliphatic hydroxyl groups excluding tert-OH is 1. The van der Waals surface area contributed by atoms with E-state index in [-0.39, 0.29) is 12.6 Å². The zero-order valence-electron chi connectivity index (χ0n) is 18.8. The Morgan fingerprint density at radius 2 is 2.00 bits per heavy atom. The predicted octanol–water partition coefficient (Wildman–Crippen LogP) is 3.11. The number of fused-ring (bicyclic) bond motifs is 1. The van der Waals surface area contributed by atoms with E-state index in [1.54, 1.807) is 0 Å². The van der Waals surface area contributed by atoms with E-state index in [0.29, 0.717) is 25.0 Å². The first-order chi connectivity index (χ1) is 16.1. The van der Waals surface area contributed by atoms with Crippen molar-refractivity contribution in [3.63, 3.8) is 0 Å². The summed E-state index contributed by atoms with van der Waals surface area (Å²) in [4.78, 5) is 15.6.